The first-order valence-corrected chi connectivity index (χ1v) is 10.4. The van der Waals surface area contributed by atoms with Crippen LogP contribution in [0.2, 0.25) is 0 Å². The van der Waals surface area contributed by atoms with E-state index in [1.807, 2.05) is 71.0 Å². The van der Waals surface area contributed by atoms with E-state index in [4.69, 9.17) is 9.47 Å². The monoisotopic (exact) mass is 419 g/mol. The Morgan fingerprint density at radius 3 is 2.52 bits per heavy atom. The van der Waals surface area contributed by atoms with Crippen LogP contribution in [0.4, 0.5) is 4.79 Å². The van der Waals surface area contributed by atoms with Crippen LogP contribution < -0.4 is 20.1 Å². The van der Waals surface area contributed by atoms with Gasteiger partial charge in [-0.2, -0.15) is 5.26 Å². The number of aryl methyl sites for hydroxylation is 1. The van der Waals surface area contributed by atoms with Crippen LogP contribution in [-0.2, 0) is 6.61 Å². The lowest BCUT2D eigenvalue weighted by molar-refractivity contribution is 0.235. The van der Waals surface area contributed by atoms with E-state index < -0.39 is 6.04 Å². The third-order valence-corrected chi connectivity index (χ3v) is 5.02. The predicted molar refractivity (Wildman–Crippen MR) is 120 cm³/mol. The highest BCUT2D eigenvalue weighted by Crippen LogP contribution is 2.37. The third-order valence-electron chi connectivity index (χ3n) is 5.02. The minimum Gasteiger partial charge on any atom is -0.490 e. The van der Waals surface area contributed by atoms with Crippen LogP contribution in [0.3, 0.4) is 0 Å². The van der Waals surface area contributed by atoms with Crippen LogP contribution >= 0.6 is 0 Å². The summed E-state index contributed by atoms with van der Waals surface area (Å²) in [6.07, 6.45) is 0. The van der Waals surface area contributed by atoms with Crippen LogP contribution in [-0.4, -0.2) is 12.6 Å². The van der Waals surface area contributed by atoms with Gasteiger partial charge in [0.1, 0.15) is 6.61 Å². The highest BCUT2D eigenvalue weighted by atomic mass is 16.5. The molecule has 1 aliphatic rings. The van der Waals surface area contributed by atoms with E-state index in [2.05, 4.69) is 22.8 Å². The lowest BCUT2D eigenvalue weighted by Crippen LogP contribution is -2.46. The minimum atomic E-state index is -0.557. The molecular formula is C25H29N3O3. The van der Waals surface area contributed by atoms with E-state index in [0.29, 0.717) is 36.0 Å². The highest BCUT2D eigenvalue weighted by Gasteiger charge is 2.34. The number of urea groups is 1. The normalized spacial score (nSPS) is 16.3. The molecule has 31 heavy (non-hydrogen) atoms. The van der Waals surface area contributed by atoms with Gasteiger partial charge in [-0.15, -0.1) is 0 Å². The molecule has 2 N–H and O–H groups in total. The second-order valence-electron chi connectivity index (χ2n) is 8.60. The van der Waals surface area contributed by atoms with Crippen molar-refractivity contribution in [2.45, 2.75) is 47.3 Å². The third kappa shape index (κ3) is 5.18. The van der Waals surface area contributed by atoms with Gasteiger partial charge in [-0.05, 0) is 37.1 Å². The SMILES string of the molecule is CCOc1cc([C@H]2NC(=O)NC(C(C)(C)C)=C2C#N)ccc1OCc1cccc(C)c1. The first kappa shape index (κ1) is 22.2. The molecule has 2 aromatic carbocycles. The summed E-state index contributed by atoms with van der Waals surface area (Å²) < 4.78 is 11.8. The van der Waals surface area contributed by atoms with Crippen molar-refractivity contribution < 1.29 is 14.3 Å². The minimum absolute atomic E-state index is 0.327. The average Bonchev–Trinajstić information content (AvgIpc) is 2.72. The zero-order valence-electron chi connectivity index (χ0n) is 18.7. The molecular weight excluding hydrogens is 390 g/mol. The fraction of sp³-hybridized carbons (Fsp3) is 0.360. The number of nitriles is 1. The van der Waals surface area contributed by atoms with Crippen molar-refractivity contribution in [2.75, 3.05) is 6.61 Å². The molecule has 0 spiro atoms. The van der Waals surface area contributed by atoms with Gasteiger partial charge in [-0.1, -0.05) is 56.7 Å². The molecule has 0 aliphatic carbocycles. The highest BCUT2D eigenvalue weighted by molar-refractivity contribution is 5.80. The first-order valence-electron chi connectivity index (χ1n) is 10.4. The van der Waals surface area contributed by atoms with E-state index in [9.17, 15) is 10.1 Å². The number of rotatable bonds is 6. The zero-order valence-corrected chi connectivity index (χ0v) is 18.7. The molecule has 0 unspecified atom stereocenters. The van der Waals surface area contributed by atoms with Gasteiger partial charge in [0.25, 0.3) is 0 Å². The van der Waals surface area contributed by atoms with Gasteiger partial charge in [0.15, 0.2) is 11.5 Å². The van der Waals surface area contributed by atoms with Crippen molar-refractivity contribution >= 4 is 6.03 Å². The van der Waals surface area contributed by atoms with E-state index in [1.54, 1.807) is 0 Å². The molecule has 1 aliphatic heterocycles. The largest absolute Gasteiger partial charge is 0.490 e. The Kier molecular flexibility index (Phi) is 6.55. The van der Waals surface area contributed by atoms with Gasteiger partial charge in [0.2, 0.25) is 0 Å². The van der Waals surface area contributed by atoms with E-state index in [-0.39, 0.29) is 11.4 Å². The number of carbonyl (C=O) groups is 1. The summed E-state index contributed by atoms with van der Waals surface area (Å²) in [5.74, 6) is 1.20. The first-order chi connectivity index (χ1) is 14.7. The molecule has 6 nitrogen and oxygen atoms in total. The number of hydrogen-bond donors (Lipinski definition) is 2. The van der Waals surface area contributed by atoms with Crippen molar-refractivity contribution in [1.29, 1.82) is 5.26 Å². The summed E-state index contributed by atoms with van der Waals surface area (Å²) in [4.78, 5) is 12.3. The van der Waals surface area contributed by atoms with Crippen molar-refractivity contribution in [1.82, 2.24) is 10.6 Å². The number of amides is 2. The Labute approximate surface area is 183 Å². The van der Waals surface area contributed by atoms with Gasteiger partial charge in [-0.3, -0.25) is 0 Å². The van der Waals surface area contributed by atoms with Crippen LogP contribution in [0.25, 0.3) is 0 Å². The summed E-state index contributed by atoms with van der Waals surface area (Å²) in [6, 6.07) is 15.1. The quantitative estimate of drug-likeness (QED) is 0.678. The summed E-state index contributed by atoms with van der Waals surface area (Å²) >= 11 is 0. The maximum Gasteiger partial charge on any atom is 0.319 e. The van der Waals surface area contributed by atoms with Crippen molar-refractivity contribution in [3.05, 3.63) is 70.4 Å². The molecule has 0 aromatic heterocycles. The molecule has 0 saturated heterocycles. The van der Waals surface area contributed by atoms with Crippen molar-refractivity contribution in [3.63, 3.8) is 0 Å². The number of nitrogens with one attached hydrogen (secondary N) is 2. The van der Waals surface area contributed by atoms with Gasteiger partial charge in [0.05, 0.1) is 24.3 Å². The Balaban J connectivity index is 1.94. The van der Waals surface area contributed by atoms with E-state index >= 15 is 0 Å². The second kappa shape index (κ2) is 9.13. The molecule has 0 radical (unpaired) electrons. The summed E-state index contributed by atoms with van der Waals surface area (Å²) in [5.41, 5.74) is 3.75. The topological polar surface area (TPSA) is 83.4 Å². The lowest BCUT2D eigenvalue weighted by atomic mass is 9.84. The maximum absolute atomic E-state index is 12.3. The number of carbonyl (C=O) groups excluding carboxylic acids is 1. The fourth-order valence-corrected chi connectivity index (χ4v) is 3.58. The molecule has 0 bridgehead atoms. The number of allylic oxidation sites excluding steroid dienone is 1. The Bertz CT molecular complexity index is 1040. The number of benzene rings is 2. The summed E-state index contributed by atoms with van der Waals surface area (Å²) in [7, 11) is 0. The molecule has 2 aromatic rings. The molecule has 1 heterocycles. The molecule has 3 rings (SSSR count). The zero-order chi connectivity index (χ0) is 22.6. The number of hydrogen-bond acceptors (Lipinski definition) is 4. The summed E-state index contributed by atoms with van der Waals surface area (Å²) in [5, 5.41) is 15.5. The Hall–Kier alpha value is -3.46. The van der Waals surface area contributed by atoms with Crippen molar-refractivity contribution in [3.8, 4) is 17.6 Å². The molecule has 0 saturated carbocycles. The maximum atomic E-state index is 12.3. The smallest absolute Gasteiger partial charge is 0.319 e. The fourth-order valence-electron chi connectivity index (χ4n) is 3.58. The standard InChI is InChI=1S/C25H29N3O3/c1-6-30-21-13-18(10-11-20(21)31-15-17-9-7-8-16(2)12-17)22-19(14-26)23(25(3,4)5)28-24(29)27-22/h7-13,22H,6,15H2,1-5H3,(H2,27,28,29)/t22-/m1/s1. The Morgan fingerprint density at radius 2 is 1.87 bits per heavy atom. The van der Waals surface area contributed by atoms with Gasteiger partial charge < -0.3 is 20.1 Å². The van der Waals surface area contributed by atoms with Crippen LogP contribution in [0.5, 0.6) is 11.5 Å². The van der Waals surface area contributed by atoms with Gasteiger partial charge in [-0.25, -0.2) is 4.79 Å². The average molecular weight is 420 g/mol. The Morgan fingerprint density at radius 1 is 1.10 bits per heavy atom. The summed E-state index contributed by atoms with van der Waals surface area (Å²) in [6.45, 7) is 10.7. The molecule has 2 amide bonds. The molecule has 162 valence electrons. The molecule has 1 atom stereocenters. The second-order valence-corrected chi connectivity index (χ2v) is 8.60. The van der Waals surface area contributed by atoms with Crippen LogP contribution in [0.15, 0.2) is 53.7 Å². The van der Waals surface area contributed by atoms with E-state index in [1.165, 1.54) is 5.56 Å². The predicted octanol–water partition coefficient (Wildman–Crippen LogP) is 5.15. The molecule has 6 heteroatoms. The lowest BCUT2D eigenvalue weighted by Gasteiger charge is -2.33. The van der Waals surface area contributed by atoms with E-state index in [0.717, 1.165) is 11.1 Å². The van der Waals surface area contributed by atoms with Crippen LogP contribution in [0.1, 0.15) is 50.4 Å². The van der Waals surface area contributed by atoms with Crippen LogP contribution in [0, 0.1) is 23.7 Å². The van der Waals surface area contributed by atoms with Crippen molar-refractivity contribution in [2.24, 2.45) is 5.41 Å². The molecule has 0 fully saturated rings. The number of ether oxygens (including phenoxy) is 2. The van der Waals surface area contributed by atoms with Gasteiger partial charge in [0, 0.05) is 11.1 Å². The number of nitrogens with zero attached hydrogens (tertiary/aromatic N) is 1. The van der Waals surface area contributed by atoms with Gasteiger partial charge >= 0.3 is 6.03 Å².